The van der Waals surface area contributed by atoms with Crippen LogP contribution in [0.25, 0.3) is 0 Å². The van der Waals surface area contributed by atoms with Gasteiger partial charge >= 0.3 is 0 Å². The first kappa shape index (κ1) is 16.7. The standard InChI is InChI=1S/C18H20N2O3/c1-4-17(14-9-8-12(2)13(3)10-14)19-18(21)15-6-5-7-16(11-15)20(22)23/h5-11,17H,4H2,1-3H3,(H,19,21)/t17-/m1/s1. The highest BCUT2D eigenvalue weighted by Crippen LogP contribution is 2.21. The minimum Gasteiger partial charge on any atom is -0.345 e. The Morgan fingerprint density at radius 1 is 1.17 bits per heavy atom. The number of rotatable bonds is 5. The Bertz CT molecular complexity index is 741. The maximum absolute atomic E-state index is 12.4. The Labute approximate surface area is 135 Å². The Kier molecular flexibility index (Phi) is 5.11. The molecule has 0 aliphatic carbocycles. The van der Waals surface area contributed by atoms with Crippen molar-refractivity contribution in [1.82, 2.24) is 5.32 Å². The summed E-state index contributed by atoms with van der Waals surface area (Å²) in [6, 6.07) is 11.7. The first-order valence-electron chi connectivity index (χ1n) is 7.54. The van der Waals surface area contributed by atoms with Gasteiger partial charge in [0.2, 0.25) is 0 Å². The highest BCUT2D eigenvalue weighted by atomic mass is 16.6. The molecule has 0 bridgehead atoms. The van der Waals surface area contributed by atoms with Gasteiger partial charge < -0.3 is 5.32 Å². The molecule has 2 aromatic rings. The lowest BCUT2D eigenvalue weighted by Crippen LogP contribution is -2.28. The minimum absolute atomic E-state index is 0.0862. The van der Waals surface area contributed by atoms with Gasteiger partial charge in [-0.15, -0.1) is 0 Å². The third-order valence-electron chi connectivity index (χ3n) is 3.97. The van der Waals surface area contributed by atoms with Crippen LogP contribution in [0, 0.1) is 24.0 Å². The second-order valence-corrected chi connectivity index (χ2v) is 5.59. The molecule has 1 N–H and O–H groups in total. The Morgan fingerprint density at radius 2 is 1.91 bits per heavy atom. The van der Waals surface area contributed by atoms with Crippen LogP contribution in [-0.2, 0) is 0 Å². The molecular weight excluding hydrogens is 292 g/mol. The van der Waals surface area contributed by atoms with Crippen molar-refractivity contribution in [3.8, 4) is 0 Å². The summed E-state index contributed by atoms with van der Waals surface area (Å²) in [5, 5.41) is 13.8. The van der Waals surface area contributed by atoms with Crippen molar-refractivity contribution >= 4 is 11.6 Å². The van der Waals surface area contributed by atoms with Gasteiger partial charge in [-0.25, -0.2) is 0 Å². The first-order chi connectivity index (χ1) is 10.9. The van der Waals surface area contributed by atoms with E-state index in [9.17, 15) is 14.9 Å². The quantitative estimate of drug-likeness (QED) is 0.667. The van der Waals surface area contributed by atoms with Crippen molar-refractivity contribution in [2.45, 2.75) is 33.2 Å². The number of nitrogens with zero attached hydrogens (tertiary/aromatic N) is 1. The fraction of sp³-hybridized carbons (Fsp3) is 0.278. The van der Waals surface area contributed by atoms with Crippen LogP contribution in [0.15, 0.2) is 42.5 Å². The average molecular weight is 312 g/mol. The van der Waals surface area contributed by atoms with Gasteiger partial charge in [-0.05, 0) is 43.0 Å². The van der Waals surface area contributed by atoms with Gasteiger partial charge in [0, 0.05) is 17.7 Å². The fourth-order valence-corrected chi connectivity index (χ4v) is 2.40. The molecule has 0 saturated heterocycles. The SMILES string of the molecule is CC[C@@H](NC(=O)c1cccc([N+](=O)[O-])c1)c1ccc(C)c(C)c1. The molecule has 0 saturated carbocycles. The van der Waals surface area contributed by atoms with Crippen molar-refractivity contribution in [2.24, 2.45) is 0 Å². The number of carbonyl (C=O) groups is 1. The van der Waals surface area contributed by atoms with E-state index in [2.05, 4.69) is 11.4 Å². The second-order valence-electron chi connectivity index (χ2n) is 5.59. The molecule has 0 unspecified atom stereocenters. The van der Waals surface area contributed by atoms with Crippen LogP contribution in [0.3, 0.4) is 0 Å². The third kappa shape index (κ3) is 3.94. The van der Waals surface area contributed by atoms with Crippen LogP contribution < -0.4 is 5.32 Å². The Hall–Kier alpha value is -2.69. The zero-order valence-electron chi connectivity index (χ0n) is 13.5. The molecule has 0 spiro atoms. The first-order valence-corrected chi connectivity index (χ1v) is 7.54. The van der Waals surface area contributed by atoms with E-state index in [0.717, 1.165) is 12.0 Å². The molecule has 0 aliphatic rings. The van der Waals surface area contributed by atoms with E-state index in [4.69, 9.17) is 0 Å². The van der Waals surface area contributed by atoms with E-state index in [1.807, 2.05) is 32.9 Å². The van der Waals surface area contributed by atoms with Gasteiger partial charge in [0.05, 0.1) is 11.0 Å². The molecule has 0 aromatic heterocycles. The highest BCUT2D eigenvalue weighted by Gasteiger charge is 2.16. The van der Waals surface area contributed by atoms with Crippen molar-refractivity contribution in [1.29, 1.82) is 0 Å². The Balaban J connectivity index is 2.21. The van der Waals surface area contributed by atoms with E-state index < -0.39 is 4.92 Å². The van der Waals surface area contributed by atoms with E-state index in [1.165, 1.54) is 29.3 Å². The summed E-state index contributed by atoms with van der Waals surface area (Å²) in [5.41, 5.74) is 3.62. The van der Waals surface area contributed by atoms with Crippen LogP contribution in [0.2, 0.25) is 0 Å². The number of non-ortho nitro benzene ring substituents is 1. The summed E-state index contributed by atoms with van der Waals surface area (Å²) >= 11 is 0. The van der Waals surface area contributed by atoms with Crippen molar-refractivity contribution < 1.29 is 9.72 Å². The van der Waals surface area contributed by atoms with Gasteiger partial charge in [-0.3, -0.25) is 14.9 Å². The number of hydrogen-bond acceptors (Lipinski definition) is 3. The largest absolute Gasteiger partial charge is 0.345 e. The molecule has 1 amide bonds. The monoisotopic (exact) mass is 312 g/mol. The molecular formula is C18H20N2O3. The summed E-state index contributed by atoms with van der Waals surface area (Å²) in [6.45, 7) is 6.07. The van der Waals surface area contributed by atoms with Crippen LogP contribution >= 0.6 is 0 Å². The van der Waals surface area contributed by atoms with E-state index >= 15 is 0 Å². The molecule has 5 nitrogen and oxygen atoms in total. The summed E-state index contributed by atoms with van der Waals surface area (Å²) in [4.78, 5) is 22.7. The lowest BCUT2D eigenvalue weighted by atomic mass is 9.99. The van der Waals surface area contributed by atoms with Gasteiger partial charge in [-0.2, -0.15) is 0 Å². The van der Waals surface area contributed by atoms with Gasteiger partial charge in [0.1, 0.15) is 0 Å². The molecule has 0 radical (unpaired) electrons. The van der Waals surface area contributed by atoms with Crippen molar-refractivity contribution in [3.63, 3.8) is 0 Å². The molecule has 120 valence electrons. The zero-order chi connectivity index (χ0) is 17.0. The predicted octanol–water partition coefficient (Wildman–Crippen LogP) is 4.09. The number of carbonyl (C=O) groups excluding carboxylic acids is 1. The van der Waals surface area contributed by atoms with Crippen molar-refractivity contribution in [3.05, 3.63) is 74.8 Å². The smallest absolute Gasteiger partial charge is 0.270 e. The molecule has 2 aromatic carbocycles. The predicted molar refractivity (Wildman–Crippen MR) is 89.5 cm³/mol. The maximum Gasteiger partial charge on any atom is 0.270 e. The highest BCUT2D eigenvalue weighted by molar-refractivity contribution is 5.95. The molecule has 0 aliphatic heterocycles. The molecule has 2 rings (SSSR count). The van der Waals surface area contributed by atoms with Gasteiger partial charge in [0.25, 0.3) is 11.6 Å². The fourth-order valence-electron chi connectivity index (χ4n) is 2.40. The topological polar surface area (TPSA) is 72.2 Å². The van der Waals surface area contributed by atoms with Crippen molar-refractivity contribution in [2.75, 3.05) is 0 Å². The molecule has 1 atom stereocenters. The van der Waals surface area contributed by atoms with Crippen LogP contribution in [-0.4, -0.2) is 10.8 Å². The summed E-state index contributed by atoms with van der Waals surface area (Å²) in [5.74, 6) is -0.307. The van der Waals surface area contributed by atoms with Gasteiger partial charge in [0.15, 0.2) is 0 Å². The van der Waals surface area contributed by atoms with E-state index in [-0.39, 0.29) is 17.6 Å². The summed E-state index contributed by atoms with van der Waals surface area (Å²) in [6.07, 6.45) is 0.739. The van der Waals surface area contributed by atoms with Crippen LogP contribution in [0.4, 0.5) is 5.69 Å². The molecule has 23 heavy (non-hydrogen) atoms. The number of nitro benzene ring substituents is 1. The number of amides is 1. The number of aryl methyl sites for hydroxylation is 2. The van der Waals surface area contributed by atoms with Crippen LogP contribution in [0.1, 0.15) is 46.4 Å². The molecule has 5 heteroatoms. The zero-order valence-corrected chi connectivity index (χ0v) is 13.5. The third-order valence-corrected chi connectivity index (χ3v) is 3.97. The maximum atomic E-state index is 12.4. The number of benzene rings is 2. The van der Waals surface area contributed by atoms with E-state index in [0.29, 0.717) is 5.56 Å². The Morgan fingerprint density at radius 3 is 2.52 bits per heavy atom. The lowest BCUT2D eigenvalue weighted by Gasteiger charge is -2.18. The number of nitrogens with one attached hydrogen (secondary N) is 1. The van der Waals surface area contributed by atoms with Crippen LogP contribution in [0.5, 0.6) is 0 Å². The number of nitro groups is 1. The second kappa shape index (κ2) is 7.05. The number of hydrogen-bond donors (Lipinski definition) is 1. The summed E-state index contributed by atoms with van der Waals surface area (Å²) in [7, 11) is 0. The average Bonchev–Trinajstić information content (AvgIpc) is 2.55. The molecule has 0 fully saturated rings. The van der Waals surface area contributed by atoms with E-state index in [1.54, 1.807) is 6.07 Å². The molecule has 0 heterocycles. The van der Waals surface area contributed by atoms with Gasteiger partial charge in [-0.1, -0.05) is 31.2 Å². The summed E-state index contributed by atoms with van der Waals surface area (Å²) < 4.78 is 0. The normalized spacial score (nSPS) is 11.8. The lowest BCUT2D eigenvalue weighted by molar-refractivity contribution is -0.384. The minimum atomic E-state index is -0.503.